The highest BCUT2D eigenvalue weighted by Gasteiger charge is 1.99. The van der Waals surface area contributed by atoms with Crippen LogP contribution in [0.15, 0.2) is 59.7 Å². The standard InChI is InChI=1S/C15H13N3O2S/c19-14(20)13-9-5-4-6-11(13)10-16-18-15(21)17-12-7-2-1-3-8-12/h1-10H,(H,19,20)(H2,17,18,21)/p-1/b16-10+. The lowest BCUT2D eigenvalue weighted by Crippen LogP contribution is -2.25. The van der Waals surface area contributed by atoms with Gasteiger partial charge in [0.05, 0.1) is 12.2 Å². The zero-order chi connectivity index (χ0) is 15.1. The van der Waals surface area contributed by atoms with E-state index in [1.54, 1.807) is 18.2 Å². The first-order chi connectivity index (χ1) is 10.2. The van der Waals surface area contributed by atoms with Crippen LogP contribution in [0.4, 0.5) is 5.69 Å². The van der Waals surface area contributed by atoms with Gasteiger partial charge in [-0.2, -0.15) is 5.10 Å². The Kier molecular flexibility index (Phi) is 5.00. The van der Waals surface area contributed by atoms with Gasteiger partial charge in [0.2, 0.25) is 0 Å². The Morgan fingerprint density at radius 1 is 1.10 bits per heavy atom. The SMILES string of the molecule is O=C([O-])c1ccccc1/C=N/NC(=S)Nc1ccccc1. The van der Waals surface area contributed by atoms with Crippen molar-refractivity contribution in [2.75, 3.05) is 5.32 Å². The molecule has 0 saturated heterocycles. The van der Waals surface area contributed by atoms with E-state index in [-0.39, 0.29) is 5.56 Å². The number of carboxylic acids is 1. The first kappa shape index (κ1) is 14.7. The van der Waals surface area contributed by atoms with Gasteiger partial charge in [-0.25, -0.2) is 0 Å². The van der Waals surface area contributed by atoms with Crippen molar-refractivity contribution in [3.8, 4) is 0 Å². The third kappa shape index (κ3) is 4.39. The highest BCUT2D eigenvalue weighted by atomic mass is 32.1. The van der Waals surface area contributed by atoms with Gasteiger partial charge in [0.1, 0.15) is 0 Å². The number of hydrogen-bond donors (Lipinski definition) is 2. The van der Waals surface area contributed by atoms with Crippen LogP contribution >= 0.6 is 12.2 Å². The van der Waals surface area contributed by atoms with E-state index in [1.807, 2.05) is 30.3 Å². The van der Waals surface area contributed by atoms with Crippen LogP contribution in [0.3, 0.4) is 0 Å². The molecule has 0 fully saturated rings. The average molecular weight is 298 g/mol. The number of aromatic carboxylic acids is 1. The third-order valence-electron chi connectivity index (χ3n) is 2.58. The molecule has 0 unspecified atom stereocenters. The van der Waals surface area contributed by atoms with Crippen molar-refractivity contribution in [1.82, 2.24) is 5.43 Å². The van der Waals surface area contributed by atoms with Crippen molar-refractivity contribution in [2.45, 2.75) is 0 Å². The number of anilines is 1. The minimum Gasteiger partial charge on any atom is -0.545 e. The van der Waals surface area contributed by atoms with Gasteiger partial charge < -0.3 is 15.2 Å². The number of para-hydroxylation sites is 1. The van der Waals surface area contributed by atoms with Crippen molar-refractivity contribution >= 4 is 35.2 Å². The summed E-state index contributed by atoms with van der Waals surface area (Å²) in [6.07, 6.45) is 1.38. The Labute approximate surface area is 127 Å². The van der Waals surface area contributed by atoms with Crippen LogP contribution in [0.25, 0.3) is 0 Å². The molecule has 0 radical (unpaired) electrons. The van der Waals surface area contributed by atoms with Crippen LogP contribution in [-0.2, 0) is 0 Å². The summed E-state index contributed by atoms with van der Waals surface area (Å²) in [7, 11) is 0. The molecule has 0 aliphatic carbocycles. The fourth-order valence-electron chi connectivity index (χ4n) is 1.64. The summed E-state index contributed by atoms with van der Waals surface area (Å²) in [5.41, 5.74) is 3.97. The molecule has 5 nitrogen and oxygen atoms in total. The number of carboxylic acid groups (broad SMARTS) is 1. The van der Waals surface area contributed by atoms with E-state index in [4.69, 9.17) is 12.2 Å². The molecule has 21 heavy (non-hydrogen) atoms. The largest absolute Gasteiger partial charge is 0.545 e. The maximum absolute atomic E-state index is 10.9. The van der Waals surface area contributed by atoms with E-state index in [9.17, 15) is 9.90 Å². The second kappa shape index (κ2) is 7.16. The van der Waals surface area contributed by atoms with E-state index >= 15 is 0 Å². The van der Waals surface area contributed by atoms with Crippen molar-refractivity contribution in [3.63, 3.8) is 0 Å². The molecule has 0 atom stereocenters. The summed E-state index contributed by atoms with van der Waals surface area (Å²) in [6.45, 7) is 0. The van der Waals surface area contributed by atoms with E-state index in [0.29, 0.717) is 10.7 Å². The van der Waals surface area contributed by atoms with Crippen LogP contribution in [0, 0.1) is 0 Å². The fourth-order valence-corrected chi connectivity index (χ4v) is 1.81. The molecule has 0 aromatic heterocycles. The number of carbonyl (C=O) groups is 1. The Morgan fingerprint density at radius 3 is 2.48 bits per heavy atom. The second-order valence-corrected chi connectivity index (χ2v) is 4.47. The zero-order valence-electron chi connectivity index (χ0n) is 10.9. The molecular weight excluding hydrogens is 286 g/mol. The maximum Gasteiger partial charge on any atom is 0.191 e. The van der Waals surface area contributed by atoms with Gasteiger partial charge in [-0.05, 0) is 24.4 Å². The van der Waals surface area contributed by atoms with E-state index in [1.165, 1.54) is 12.3 Å². The molecule has 2 rings (SSSR count). The second-order valence-electron chi connectivity index (χ2n) is 4.06. The van der Waals surface area contributed by atoms with Gasteiger partial charge in [-0.3, -0.25) is 5.43 Å². The Morgan fingerprint density at radius 2 is 1.76 bits per heavy atom. The predicted octanol–water partition coefficient (Wildman–Crippen LogP) is 1.37. The van der Waals surface area contributed by atoms with Crippen molar-refractivity contribution in [2.24, 2.45) is 5.10 Å². The Bertz CT molecular complexity index is 672. The van der Waals surface area contributed by atoms with Crippen molar-refractivity contribution in [3.05, 3.63) is 65.7 Å². The monoisotopic (exact) mass is 298 g/mol. The van der Waals surface area contributed by atoms with Crippen LogP contribution in [0.2, 0.25) is 0 Å². The molecule has 6 heteroatoms. The molecule has 0 bridgehead atoms. The molecule has 0 spiro atoms. The van der Waals surface area contributed by atoms with Crippen molar-refractivity contribution < 1.29 is 9.90 Å². The van der Waals surface area contributed by atoms with Crippen LogP contribution < -0.4 is 15.8 Å². The minimum absolute atomic E-state index is 0.0741. The highest BCUT2D eigenvalue weighted by Crippen LogP contribution is 2.05. The summed E-state index contributed by atoms with van der Waals surface area (Å²) >= 11 is 5.07. The van der Waals surface area contributed by atoms with E-state index < -0.39 is 5.97 Å². The smallest absolute Gasteiger partial charge is 0.191 e. The molecule has 0 aliphatic heterocycles. The molecule has 0 saturated carbocycles. The summed E-state index contributed by atoms with van der Waals surface area (Å²) in [5.74, 6) is -1.25. The van der Waals surface area contributed by atoms with Gasteiger partial charge >= 0.3 is 0 Å². The van der Waals surface area contributed by atoms with E-state index in [2.05, 4.69) is 15.8 Å². The molecular formula is C15H12N3O2S-. The summed E-state index contributed by atoms with van der Waals surface area (Å²) in [4.78, 5) is 10.9. The number of hydrogen-bond acceptors (Lipinski definition) is 4. The molecule has 2 N–H and O–H groups in total. The van der Waals surface area contributed by atoms with E-state index in [0.717, 1.165) is 5.69 Å². The normalized spacial score (nSPS) is 10.3. The molecule has 106 valence electrons. The summed E-state index contributed by atoms with van der Waals surface area (Å²) < 4.78 is 0. The van der Waals surface area contributed by atoms with Gasteiger partial charge in [0.25, 0.3) is 0 Å². The topological polar surface area (TPSA) is 76.5 Å². The minimum atomic E-state index is -1.25. The highest BCUT2D eigenvalue weighted by molar-refractivity contribution is 7.80. The van der Waals surface area contributed by atoms with Gasteiger partial charge in [0.15, 0.2) is 5.11 Å². The molecule has 0 heterocycles. The predicted molar refractivity (Wildman–Crippen MR) is 84.2 cm³/mol. The quantitative estimate of drug-likeness (QED) is 0.506. The van der Waals surface area contributed by atoms with Gasteiger partial charge in [-0.1, -0.05) is 42.5 Å². The molecule has 0 aliphatic rings. The molecule has 2 aromatic rings. The zero-order valence-corrected chi connectivity index (χ0v) is 11.8. The number of carbonyl (C=O) groups excluding carboxylic acids is 1. The number of rotatable bonds is 4. The lowest BCUT2D eigenvalue weighted by molar-refractivity contribution is -0.255. The Hall–Kier alpha value is -2.73. The van der Waals surface area contributed by atoms with Crippen LogP contribution in [0.5, 0.6) is 0 Å². The van der Waals surface area contributed by atoms with Gasteiger partial charge in [0, 0.05) is 16.8 Å². The number of thiocarbonyl (C=S) groups is 1. The van der Waals surface area contributed by atoms with Gasteiger partial charge in [-0.15, -0.1) is 0 Å². The third-order valence-corrected chi connectivity index (χ3v) is 2.78. The number of nitrogens with one attached hydrogen (secondary N) is 2. The number of nitrogens with zero attached hydrogens (tertiary/aromatic N) is 1. The summed E-state index contributed by atoms with van der Waals surface area (Å²) in [5, 5.41) is 18.1. The maximum atomic E-state index is 10.9. The summed E-state index contributed by atoms with van der Waals surface area (Å²) in [6, 6.07) is 15.8. The lowest BCUT2D eigenvalue weighted by atomic mass is 10.1. The first-order valence-electron chi connectivity index (χ1n) is 6.12. The Balaban J connectivity index is 1.97. The fraction of sp³-hybridized carbons (Fsp3) is 0. The van der Waals surface area contributed by atoms with Crippen molar-refractivity contribution in [1.29, 1.82) is 0 Å². The molecule has 2 aromatic carbocycles. The lowest BCUT2D eigenvalue weighted by Gasteiger charge is -2.07. The number of benzene rings is 2. The number of hydrazone groups is 1. The van der Waals surface area contributed by atoms with Crippen LogP contribution in [-0.4, -0.2) is 17.3 Å². The van der Waals surface area contributed by atoms with Crippen LogP contribution in [0.1, 0.15) is 15.9 Å². The molecule has 0 amide bonds. The average Bonchev–Trinajstić information content (AvgIpc) is 2.48. The first-order valence-corrected chi connectivity index (χ1v) is 6.53.